The van der Waals surface area contributed by atoms with Crippen LogP contribution in [0.3, 0.4) is 0 Å². The Balaban J connectivity index is 0.00000225. The van der Waals surface area contributed by atoms with Gasteiger partial charge in [-0.3, -0.25) is 10.1 Å². The van der Waals surface area contributed by atoms with Gasteiger partial charge >= 0.3 is 19.5 Å². The van der Waals surface area contributed by atoms with Crippen LogP contribution in [0.25, 0.3) is 0 Å². The van der Waals surface area contributed by atoms with Crippen LogP contribution >= 0.6 is 0 Å². The second-order valence-electron chi connectivity index (χ2n) is 2.60. The topological polar surface area (TPSA) is 123 Å². The summed E-state index contributed by atoms with van der Waals surface area (Å²) in [6, 6.07) is 2.15. The van der Waals surface area contributed by atoms with Crippen LogP contribution in [0.1, 0.15) is 20.7 Å². The Morgan fingerprint density at radius 3 is 1.62 bits per heavy atom. The molecule has 0 aliphatic heterocycles. The normalized spacial score (nSPS) is 9.00. The number of non-ortho nitro benzene ring substituents is 1. The van der Waals surface area contributed by atoms with Crippen molar-refractivity contribution in [2.75, 3.05) is 0 Å². The molecule has 0 aliphatic carbocycles. The van der Waals surface area contributed by atoms with E-state index in [1.165, 1.54) is 0 Å². The van der Waals surface area contributed by atoms with E-state index in [1.807, 2.05) is 0 Å². The van der Waals surface area contributed by atoms with Crippen LogP contribution in [-0.2, 0) is 19.5 Å². The first-order valence-corrected chi connectivity index (χ1v) is 3.64. The molecule has 0 spiro atoms. The Labute approximate surface area is 102 Å². The van der Waals surface area contributed by atoms with Crippen molar-refractivity contribution < 1.29 is 44.2 Å². The third-order valence-electron chi connectivity index (χ3n) is 1.60. The number of hydrogen-bond acceptors (Lipinski definition) is 6. The zero-order valence-electron chi connectivity index (χ0n) is 7.84. The first-order valence-electron chi connectivity index (χ1n) is 3.64. The summed E-state index contributed by atoms with van der Waals surface area (Å²) in [6.07, 6.45) is 0. The van der Waals surface area contributed by atoms with Gasteiger partial charge in [0.2, 0.25) is 0 Å². The fraction of sp³-hybridized carbons (Fsp3) is 0. The van der Waals surface area contributed by atoms with E-state index in [2.05, 4.69) is 0 Å². The number of carboxylic acid groups (broad SMARTS) is 2. The minimum Gasteiger partial charge on any atom is -0.545 e. The van der Waals surface area contributed by atoms with Gasteiger partial charge in [0.1, 0.15) is 0 Å². The molecule has 0 saturated heterocycles. The summed E-state index contributed by atoms with van der Waals surface area (Å²) in [5.74, 6) is -3.39. The summed E-state index contributed by atoms with van der Waals surface area (Å²) in [6.45, 7) is 0. The van der Waals surface area contributed by atoms with Crippen molar-refractivity contribution in [3.63, 3.8) is 0 Å². The third-order valence-corrected chi connectivity index (χ3v) is 1.60. The maximum Gasteiger partial charge on any atom is 2.00 e. The van der Waals surface area contributed by atoms with Gasteiger partial charge < -0.3 is 19.8 Å². The van der Waals surface area contributed by atoms with Crippen molar-refractivity contribution in [2.24, 2.45) is 0 Å². The van der Waals surface area contributed by atoms with Crippen molar-refractivity contribution in [3.8, 4) is 0 Å². The summed E-state index contributed by atoms with van der Waals surface area (Å²) in [5.41, 5.74) is -1.80. The second-order valence-corrected chi connectivity index (χ2v) is 2.60. The average Bonchev–Trinajstić information content (AvgIpc) is 2.16. The number of benzene rings is 1. The molecule has 0 atom stereocenters. The van der Waals surface area contributed by atoms with Gasteiger partial charge in [0.25, 0.3) is 5.69 Å². The second kappa shape index (κ2) is 5.32. The zero-order valence-corrected chi connectivity index (χ0v) is 10.8. The van der Waals surface area contributed by atoms with Crippen molar-refractivity contribution in [2.45, 2.75) is 0 Å². The Morgan fingerprint density at radius 1 is 1.00 bits per heavy atom. The van der Waals surface area contributed by atoms with Crippen LogP contribution in [0.15, 0.2) is 18.2 Å². The van der Waals surface area contributed by atoms with E-state index >= 15 is 0 Å². The zero-order chi connectivity index (χ0) is 11.6. The van der Waals surface area contributed by atoms with E-state index in [1.54, 1.807) is 0 Å². The van der Waals surface area contributed by atoms with Crippen LogP contribution in [0, 0.1) is 10.1 Å². The van der Waals surface area contributed by atoms with E-state index in [4.69, 9.17) is 0 Å². The summed E-state index contributed by atoms with van der Waals surface area (Å²) >= 11 is 0. The third kappa shape index (κ3) is 3.10. The van der Waals surface area contributed by atoms with Crippen molar-refractivity contribution in [3.05, 3.63) is 39.4 Å². The van der Waals surface area contributed by atoms with Crippen LogP contribution < -0.4 is 10.2 Å². The van der Waals surface area contributed by atoms with Crippen LogP contribution in [0.4, 0.5) is 5.69 Å². The quantitative estimate of drug-likeness (QED) is 0.368. The van der Waals surface area contributed by atoms with Crippen LogP contribution in [0.2, 0.25) is 0 Å². The van der Waals surface area contributed by atoms with Gasteiger partial charge in [0, 0.05) is 23.3 Å². The molecule has 1 aromatic carbocycles. The molecule has 0 unspecified atom stereocenters. The van der Waals surface area contributed by atoms with E-state index in [9.17, 15) is 29.9 Å². The number of nitrogens with zero attached hydrogens (tertiary/aromatic N) is 1. The maximum atomic E-state index is 10.4. The van der Waals surface area contributed by atoms with Crippen LogP contribution in [-0.4, -0.2) is 16.9 Å². The van der Waals surface area contributed by atoms with Gasteiger partial charge in [-0.05, 0) is 6.07 Å². The largest absolute Gasteiger partial charge is 2.00 e. The van der Waals surface area contributed by atoms with E-state index in [-0.39, 0.29) is 19.5 Å². The molecule has 0 fully saturated rings. The Kier molecular flexibility index (Phi) is 4.71. The molecule has 1 aromatic rings. The molecule has 0 bridgehead atoms. The van der Waals surface area contributed by atoms with Crippen molar-refractivity contribution >= 4 is 17.6 Å². The maximum absolute atomic E-state index is 10.4. The smallest absolute Gasteiger partial charge is 0.545 e. The first-order chi connectivity index (χ1) is 6.91. The number of hydrogen-bond donors (Lipinski definition) is 0. The number of carboxylic acids is 2. The van der Waals surface area contributed by atoms with Gasteiger partial charge in [-0.15, -0.1) is 0 Å². The molecule has 78 valence electrons. The molecule has 0 aromatic heterocycles. The Morgan fingerprint density at radius 2 is 1.38 bits per heavy atom. The summed E-state index contributed by atoms with van der Waals surface area (Å²) in [5, 5.41) is 31.1. The number of carbonyl (C=O) groups excluding carboxylic acids is 2. The van der Waals surface area contributed by atoms with Gasteiger partial charge in [-0.1, -0.05) is 0 Å². The summed E-state index contributed by atoms with van der Waals surface area (Å²) in [4.78, 5) is 30.2. The first kappa shape index (κ1) is 14.2. The number of carbonyl (C=O) groups is 2. The predicted molar refractivity (Wildman–Crippen MR) is 41.8 cm³/mol. The van der Waals surface area contributed by atoms with Crippen molar-refractivity contribution in [1.29, 1.82) is 0 Å². The Hall–Kier alpha value is -1.82. The fourth-order valence-corrected chi connectivity index (χ4v) is 0.952. The van der Waals surface area contributed by atoms with E-state index in [0.717, 1.165) is 6.07 Å². The minimum absolute atomic E-state index is 0. The molecule has 7 nitrogen and oxygen atoms in total. The molecule has 0 aliphatic rings. The number of nitro benzene ring substituents is 1. The molecular weight excluding hydrogens is 271 g/mol. The SMILES string of the molecule is O=C([O-])c1cc(C(=O)[O-])cc([N+](=O)[O-])c1.[Zn+2]. The molecule has 0 N–H and O–H groups in total. The van der Waals surface area contributed by atoms with Gasteiger partial charge in [0.15, 0.2) is 0 Å². The van der Waals surface area contributed by atoms with E-state index < -0.39 is 33.7 Å². The molecule has 0 amide bonds. The van der Waals surface area contributed by atoms with Crippen LogP contribution in [0.5, 0.6) is 0 Å². The summed E-state index contributed by atoms with van der Waals surface area (Å²) < 4.78 is 0. The molecular formula is C8H3NO6Zn. The van der Waals surface area contributed by atoms with E-state index in [0.29, 0.717) is 12.1 Å². The molecule has 0 radical (unpaired) electrons. The average molecular weight is 275 g/mol. The van der Waals surface area contributed by atoms with Gasteiger partial charge in [-0.2, -0.15) is 0 Å². The summed E-state index contributed by atoms with van der Waals surface area (Å²) in [7, 11) is 0. The molecule has 0 heterocycles. The molecule has 16 heavy (non-hydrogen) atoms. The van der Waals surface area contributed by atoms with Gasteiger partial charge in [0.05, 0.1) is 16.9 Å². The minimum atomic E-state index is -1.69. The molecule has 1 rings (SSSR count). The molecule has 8 heteroatoms. The number of nitro groups is 1. The van der Waals surface area contributed by atoms with Gasteiger partial charge in [-0.25, -0.2) is 0 Å². The monoisotopic (exact) mass is 273 g/mol. The standard InChI is InChI=1S/C8H5NO6.Zn/c10-7(11)4-1-5(8(12)13)3-6(2-4)9(14)15;/h1-3H,(H,10,11)(H,12,13);/q;+2/p-2. The Bertz CT molecular complexity index is 379. The van der Waals surface area contributed by atoms with Crippen molar-refractivity contribution in [1.82, 2.24) is 0 Å². The fourth-order valence-electron chi connectivity index (χ4n) is 0.952. The predicted octanol–water partition coefficient (Wildman–Crippen LogP) is -1.68. The number of aromatic carboxylic acids is 2. The molecule has 0 saturated carbocycles. The number of rotatable bonds is 3.